The second kappa shape index (κ2) is 10.7. The maximum atomic E-state index is 13.1. The van der Waals surface area contributed by atoms with Gasteiger partial charge in [0.25, 0.3) is 5.91 Å². The molecule has 34 heavy (non-hydrogen) atoms. The van der Waals surface area contributed by atoms with E-state index in [4.69, 9.17) is 9.47 Å². The zero-order chi connectivity index (χ0) is 24.2. The number of benzene rings is 3. The number of urea groups is 1. The van der Waals surface area contributed by atoms with Crippen LogP contribution in [-0.2, 0) is 17.9 Å². The van der Waals surface area contributed by atoms with Crippen molar-refractivity contribution < 1.29 is 23.5 Å². The molecule has 3 amide bonds. The summed E-state index contributed by atoms with van der Waals surface area (Å²) in [6, 6.07) is 16.8. The molecular weight excluding hydrogens is 665 g/mol. The molecule has 0 aliphatic carbocycles. The maximum absolute atomic E-state index is 13.1. The zero-order valence-electron chi connectivity index (χ0n) is 18.0. The Kier molecular flexibility index (Phi) is 7.71. The molecule has 0 atom stereocenters. The molecule has 0 bridgehead atoms. The highest BCUT2D eigenvalue weighted by atomic mass is 127. The van der Waals surface area contributed by atoms with Gasteiger partial charge in [-0.15, -0.1) is 0 Å². The predicted octanol–water partition coefficient (Wildman–Crippen LogP) is 5.72. The highest BCUT2D eigenvalue weighted by Crippen LogP contribution is 2.35. The zero-order valence-corrected chi connectivity index (χ0v) is 22.3. The lowest BCUT2D eigenvalue weighted by Crippen LogP contribution is -2.30. The molecule has 1 saturated heterocycles. The summed E-state index contributed by atoms with van der Waals surface area (Å²) in [5, 5.41) is 2.61. The van der Waals surface area contributed by atoms with Crippen molar-refractivity contribution in [1.82, 2.24) is 10.2 Å². The molecule has 1 aliphatic rings. The summed E-state index contributed by atoms with van der Waals surface area (Å²) in [7, 11) is 1.55. The minimum Gasteiger partial charge on any atom is -0.493 e. The van der Waals surface area contributed by atoms with Gasteiger partial charge in [0.15, 0.2) is 11.5 Å². The van der Waals surface area contributed by atoms with Crippen LogP contribution in [0.15, 0.2) is 66.4 Å². The SMILES string of the molecule is COc1cc(/C=C2/NC(=O)N(Cc3ccc(F)cc3)C2=O)cc(I)c1OCc1ccc(I)cc1. The molecule has 6 nitrogen and oxygen atoms in total. The van der Waals surface area contributed by atoms with Gasteiger partial charge in [-0.2, -0.15) is 0 Å². The van der Waals surface area contributed by atoms with E-state index in [0.29, 0.717) is 29.2 Å². The molecule has 1 N–H and O–H groups in total. The van der Waals surface area contributed by atoms with Crippen molar-refractivity contribution in [2.45, 2.75) is 13.2 Å². The third-order valence-electron chi connectivity index (χ3n) is 5.08. The number of carbonyl (C=O) groups is 2. The van der Waals surface area contributed by atoms with Crippen LogP contribution in [0.3, 0.4) is 0 Å². The molecule has 1 fully saturated rings. The second-order valence-corrected chi connectivity index (χ2v) is 9.86. The van der Waals surface area contributed by atoms with Crippen molar-refractivity contribution in [1.29, 1.82) is 0 Å². The number of imide groups is 1. The van der Waals surface area contributed by atoms with Crippen molar-refractivity contribution >= 4 is 63.2 Å². The van der Waals surface area contributed by atoms with E-state index in [2.05, 4.69) is 50.5 Å². The summed E-state index contributed by atoms with van der Waals surface area (Å²) < 4.78 is 26.6. The largest absolute Gasteiger partial charge is 0.493 e. The number of carbonyl (C=O) groups excluding carboxylic acids is 2. The first kappa shape index (κ1) is 24.5. The average molecular weight is 684 g/mol. The Morgan fingerprint density at radius 1 is 1.00 bits per heavy atom. The van der Waals surface area contributed by atoms with Crippen LogP contribution < -0.4 is 14.8 Å². The molecule has 0 unspecified atom stereocenters. The van der Waals surface area contributed by atoms with E-state index < -0.39 is 11.9 Å². The Hall–Kier alpha value is -2.67. The second-order valence-electron chi connectivity index (χ2n) is 7.46. The van der Waals surface area contributed by atoms with Crippen molar-refractivity contribution in [3.63, 3.8) is 0 Å². The fourth-order valence-electron chi connectivity index (χ4n) is 3.35. The van der Waals surface area contributed by atoms with Crippen LogP contribution >= 0.6 is 45.2 Å². The first-order valence-corrected chi connectivity index (χ1v) is 12.3. The molecule has 0 radical (unpaired) electrons. The van der Waals surface area contributed by atoms with Crippen molar-refractivity contribution in [2.75, 3.05) is 7.11 Å². The Labute approximate surface area is 223 Å². The van der Waals surface area contributed by atoms with E-state index in [-0.39, 0.29) is 18.1 Å². The normalized spacial score (nSPS) is 14.5. The van der Waals surface area contributed by atoms with Crippen molar-refractivity contribution in [3.8, 4) is 11.5 Å². The number of halogens is 3. The molecule has 0 spiro atoms. The molecule has 174 valence electrons. The summed E-state index contributed by atoms with van der Waals surface area (Å²) in [5.41, 5.74) is 2.51. The van der Waals surface area contributed by atoms with Gasteiger partial charge >= 0.3 is 6.03 Å². The Morgan fingerprint density at radius 2 is 1.68 bits per heavy atom. The molecular formula is C25H19FI2N2O4. The molecule has 0 aromatic heterocycles. The van der Waals surface area contributed by atoms with Crippen LogP contribution in [0.25, 0.3) is 6.08 Å². The molecule has 1 heterocycles. The van der Waals surface area contributed by atoms with E-state index in [1.165, 1.54) is 12.1 Å². The third kappa shape index (κ3) is 5.69. The minimum absolute atomic E-state index is 0.0501. The first-order valence-electron chi connectivity index (χ1n) is 10.2. The number of hydrogen-bond donors (Lipinski definition) is 1. The summed E-state index contributed by atoms with van der Waals surface area (Å²) in [4.78, 5) is 26.3. The van der Waals surface area contributed by atoms with Crippen LogP contribution in [-0.4, -0.2) is 23.9 Å². The van der Waals surface area contributed by atoms with Crippen molar-refractivity contribution in [3.05, 3.63) is 96.0 Å². The number of ether oxygens (including phenoxy) is 2. The van der Waals surface area contributed by atoms with Gasteiger partial charge in [0, 0.05) is 3.57 Å². The average Bonchev–Trinajstić information content (AvgIpc) is 3.07. The predicted molar refractivity (Wildman–Crippen MR) is 143 cm³/mol. The topological polar surface area (TPSA) is 67.9 Å². The van der Waals surface area contributed by atoms with Crippen LogP contribution in [0.1, 0.15) is 16.7 Å². The van der Waals surface area contributed by atoms with E-state index in [9.17, 15) is 14.0 Å². The van der Waals surface area contributed by atoms with Crippen LogP contribution in [0, 0.1) is 13.0 Å². The van der Waals surface area contributed by atoms with Crippen LogP contribution in [0.2, 0.25) is 0 Å². The monoisotopic (exact) mass is 684 g/mol. The van der Waals surface area contributed by atoms with E-state index in [1.807, 2.05) is 30.3 Å². The summed E-state index contributed by atoms with van der Waals surface area (Å²) >= 11 is 4.40. The van der Waals surface area contributed by atoms with Gasteiger partial charge in [-0.05, 0) is 104 Å². The molecule has 4 rings (SSSR count). The molecule has 0 saturated carbocycles. The first-order chi connectivity index (χ1) is 16.3. The molecule has 3 aromatic carbocycles. The fraction of sp³-hybridized carbons (Fsp3) is 0.120. The number of amides is 3. The number of rotatable bonds is 7. The standard InChI is InChI=1S/C25H19FI2N2O4/c1-33-22-12-17(10-20(28)23(22)34-14-16-4-8-19(27)9-5-16)11-21-24(31)30(25(32)29-21)13-15-2-6-18(26)7-3-15/h2-12H,13-14H2,1H3,(H,29,32)/b21-11+. The van der Waals surface area contributed by atoms with Gasteiger partial charge in [-0.3, -0.25) is 9.69 Å². The van der Waals surface area contributed by atoms with Gasteiger partial charge in [-0.25, -0.2) is 9.18 Å². The quantitative estimate of drug-likeness (QED) is 0.197. The molecule has 9 heteroatoms. The molecule has 1 aliphatic heterocycles. The van der Waals surface area contributed by atoms with Crippen molar-refractivity contribution in [2.24, 2.45) is 0 Å². The number of hydrogen-bond acceptors (Lipinski definition) is 4. The highest BCUT2D eigenvalue weighted by Gasteiger charge is 2.33. The summed E-state index contributed by atoms with van der Waals surface area (Å²) in [5.74, 6) is 0.283. The summed E-state index contributed by atoms with van der Waals surface area (Å²) in [6.07, 6.45) is 1.60. The van der Waals surface area contributed by atoms with E-state index in [0.717, 1.165) is 17.6 Å². The van der Waals surface area contributed by atoms with Gasteiger partial charge in [0.2, 0.25) is 0 Å². The lowest BCUT2D eigenvalue weighted by molar-refractivity contribution is -0.123. The van der Waals surface area contributed by atoms with Gasteiger partial charge in [0.05, 0.1) is 17.2 Å². The Balaban J connectivity index is 1.52. The highest BCUT2D eigenvalue weighted by molar-refractivity contribution is 14.1. The lowest BCUT2D eigenvalue weighted by Gasteiger charge is -2.14. The van der Waals surface area contributed by atoms with Gasteiger partial charge in [-0.1, -0.05) is 24.3 Å². The van der Waals surface area contributed by atoms with Crippen LogP contribution in [0.4, 0.5) is 9.18 Å². The fourth-order valence-corrected chi connectivity index (χ4v) is 4.49. The van der Waals surface area contributed by atoms with Crippen LogP contribution in [0.5, 0.6) is 11.5 Å². The number of nitrogens with zero attached hydrogens (tertiary/aromatic N) is 1. The van der Waals surface area contributed by atoms with E-state index >= 15 is 0 Å². The number of nitrogens with one attached hydrogen (secondary N) is 1. The Morgan fingerprint density at radius 3 is 2.35 bits per heavy atom. The maximum Gasteiger partial charge on any atom is 0.329 e. The third-order valence-corrected chi connectivity index (χ3v) is 6.60. The van der Waals surface area contributed by atoms with E-state index in [1.54, 1.807) is 31.4 Å². The lowest BCUT2D eigenvalue weighted by atomic mass is 10.1. The Bertz CT molecular complexity index is 1260. The molecule has 3 aromatic rings. The number of methoxy groups -OCH3 is 1. The van der Waals surface area contributed by atoms with Gasteiger partial charge < -0.3 is 14.8 Å². The minimum atomic E-state index is -0.528. The smallest absolute Gasteiger partial charge is 0.329 e. The van der Waals surface area contributed by atoms with Gasteiger partial charge in [0.1, 0.15) is 18.1 Å². The summed E-state index contributed by atoms with van der Waals surface area (Å²) in [6.45, 7) is 0.436.